The smallest absolute Gasteiger partial charge is 0.110 e. The molecule has 28 heavy (non-hydrogen) atoms. The molecule has 0 aliphatic rings. The number of hydrogen-bond donors (Lipinski definition) is 0. The maximum absolute atomic E-state index is 12.4. The van der Waals surface area contributed by atoms with Gasteiger partial charge in [0, 0.05) is 25.5 Å². The van der Waals surface area contributed by atoms with Crippen molar-refractivity contribution in [1.29, 1.82) is 0 Å². The number of para-hydroxylation sites is 2. The van der Waals surface area contributed by atoms with E-state index < -0.39 is 0 Å². The van der Waals surface area contributed by atoms with E-state index in [1.54, 1.807) is 0 Å². The van der Waals surface area contributed by atoms with Crippen molar-refractivity contribution < 1.29 is 4.39 Å². The quantitative estimate of drug-likeness (QED) is 0.446. The molecule has 0 aliphatic carbocycles. The highest BCUT2D eigenvalue weighted by Gasteiger charge is 2.05. The minimum Gasteiger partial charge on any atom is -0.374 e. The van der Waals surface area contributed by atoms with E-state index in [0.29, 0.717) is 13.0 Å². The van der Waals surface area contributed by atoms with Gasteiger partial charge in [-0.2, -0.15) is 0 Å². The van der Waals surface area contributed by atoms with Gasteiger partial charge in [-0.1, -0.05) is 44.7 Å². The van der Waals surface area contributed by atoms with Crippen LogP contribution in [0.2, 0.25) is 0 Å². The largest absolute Gasteiger partial charge is 0.374 e. The second kappa shape index (κ2) is 10.5. The lowest BCUT2D eigenvalue weighted by Gasteiger charge is -2.19. The lowest BCUT2D eigenvalue weighted by Crippen LogP contribution is -2.18. The fourth-order valence-corrected chi connectivity index (χ4v) is 2.98. The van der Waals surface area contributed by atoms with E-state index >= 15 is 0 Å². The summed E-state index contributed by atoms with van der Waals surface area (Å²) in [5.74, 6) is 0.940. The summed E-state index contributed by atoms with van der Waals surface area (Å²) in [6.07, 6.45) is 4.54. The Labute approximate surface area is 167 Å². The Morgan fingerprint density at radius 1 is 1.18 bits per heavy atom. The van der Waals surface area contributed by atoms with Crippen LogP contribution < -0.4 is 4.90 Å². The van der Waals surface area contributed by atoms with Crippen molar-refractivity contribution in [1.82, 2.24) is 9.55 Å². The number of nitrogens with zero attached hydrogens (tertiary/aromatic N) is 3. The number of anilines is 1. The predicted octanol–water partition coefficient (Wildman–Crippen LogP) is 6.35. The average molecular weight is 380 g/mol. The van der Waals surface area contributed by atoms with E-state index in [2.05, 4.69) is 33.2 Å². The van der Waals surface area contributed by atoms with Gasteiger partial charge in [0.2, 0.25) is 0 Å². The number of alkyl halides is 1. The topological polar surface area (TPSA) is 21.1 Å². The van der Waals surface area contributed by atoms with Crippen LogP contribution in [0, 0.1) is 6.92 Å². The number of imidazole rings is 1. The number of hydrogen-bond acceptors (Lipinski definition) is 2. The monoisotopic (exact) mass is 379 g/mol. The molecule has 0 aliphatic heterocycles. The van der Waals surface area contributed by atoms with Gasteiger partial charge >= 0.3 is 0 Å². The van der Waals surface area contributed by atoms with Crippen molar-refractivity contribution in [2.75, 3.05) is 25.2 Å². The first-order valence-electron chi connectivity index (χ1n) is 9.78. The van der Waals surface area contributed by atoms with Crippen LogP contribution in [0.25, 0.3) is 22.8 Å². The third kappa shape index (κ3) is 5.10. The van der Waals surface area contributed by atoms with Gasteiger partial charge in [-0.3, -0.25) is 4.39 Å². The second-order valence-corrected chi connectivity index (χ2v) is 6.37. The van der Waals surface area contributed by atoms with E-state index in [4.69, 9.17) is 0 Å². The molecule has 0 N–H and O–H groups in total. The van der Waals surface area contributed by atoms with Gasteiger partial charge in [-0.05, 0) is 54.8 Å². The molecule has 3 nitrogen and oxygen atoms in total. The second-order valence-electron chi connectivity index (χ2n) is 6.37. The van der Waals surface area contributed by atoms with Gasteiger partial charge in [-0.15, -0.1) is 0 Å². The van der Waals surface area contributed by atoms with Gasteiger partial charge in [0.25, 0.3) is 0 Å². The molecule has 0 spiro atoms. The number of halogens is 1. The predicted molar refractivity (Wildman–Crippen MR) is 120 cm³/mol. The van der Waals surface area contributed by atoms with Crippen LogP contribution in [-0.2, 0) is 0 Å². The molecule has 3 rings (SSSR count). The first kappa shape index (κ1) is 21.4. The van der Waals surface area contributed by atoms with Crippen molar-refractivity contribution in [2.24, 2.45) is 0 Å². The zero-order valence-electron chi connectivity index (χ0n) is 17.3. The summed E-state index contributed by atoms with van der Waals surface area (Å²) in [6, 6.07) is 16.2. The third-order valence-electron chi connectivity index (χ3n) is 4.48. The highest BCUT2D eigenvalue weighted by Crippen LogP contribution is 2.22. The van der Waals surface area contributed by atoms with Crippen molar-refractivity contribution in [3.63, 3.8) is 0 Å². The molecule has 1 aromatic heterocycles. The van der Waals surface area contributed by atoms with Gasteiger partial charge in [0.15, 0.2) is 0 Å². The molecule has 1 heterocycles. The number of aromatic nitrogens is 2. The van der Waals surface area contributed by atoms with Crippen LogP contribution in [0.4, 0.5) is 10.1 Å². The summed E-state index contributed by atoms with van der Waals surface area (Å²) in [4.78, 5) is 6.64. The van der Waals surface area contributed by atoms with E-state index in [1.807, 2.05) is 76.5 Å². The molecule has 3 aromatic rings. The molecule has 148 valence electrons. The molecule has 0 bridgehead atoms. The molecule has 0 saturated heterocycles. The molecule has 4 heteroatoms. The molecule has 0 amide bonds. The third-order valence-corrected chi connectivity index (χ3v) is 4.48. The average Bonchev–Trinajstić information content (AvgIpc) is 3.06. The zero-order chi connectivity index (χ0) is 20.5. The molecule has 0 radical (unpaired) electrons. The summed E-state index contributed by atoms with van der Waals surface area (Å²) in [5.41, 5.74) is 5.09. The van der Waals surface area contributed by atoms with E-state index in [0.717, 1.165) is 33.7 Å². The summed E-state index contributed by atoms with van der Waals surface area (Å²) >= 11 is 0. The van der Waals surface area contributed by atoms with E-state index in [9.17, 15) is 4.39 Å². The van der Waals surface area contributed by atoms with Crippen molar-refractivity contribution >= 4 is 28.5 Å². The van der Waals surface area contributed by atoms with E-state index in [1.165, 1.54) is 0 Å². The van der Waals surface area contributed by atoms with Gasteiger partial charge in [0.1, 0.15) is 5.82 Å². The molecular formula is C24H30FN3. The maximum atomic E-state index is 12.4. The van der Waals surface area contributed by atoms with E-state index in [-0.39, 0.29) is 6.67 Å². The number of aryl methyl sites for hydroxylation is 1. The molecule has 2 aromatic carbocycles. The minimum absolute atomic E-state index is 0.294. The standard InChI is InChI=1S/C22H24FN3.C2H6/c1-17(19-8-6-9-20(16-19)25(3)14-7-13-23)12-15-26-18(2)24-21-10-4-5-11-22(21)26;1-2/h4-6,8-12,15-16H,1,7,13-14H2,2-3H3;1-2H3/b15-12-;. The zero-order valence-corrected chi connectivity index (χ0v) is 17.3. The Balaban J connectivity index is 0.00000136. The number of fused-ring (bicyclic) bond motifs is 1. The minimum atomic E-state index is -0.294. The normalized spacial score (nSPS) is 10.8. The summed E-state index contributed by atoms with van der Waals surface area (Å²) in [6.45, 7) is 10.6. The lowest BCUT2D eigenvalue weighted by atomic mass is 10.1. The fourth-order valence-electron chi connectivity index (χ4n) is 2.98. The van der Waals surface area contributed by atoms with Crippen LogP contribution in [-0.4, -0.2) is 29.8 Å². The summed E-state index contributed by atoms with van der Waals surface area (Å²) in [5, 5.41) is 0. The van der Waals surface area contributed by atoms with Gasteiger partial charge < -0.3 is 9.47 Å². The summed E-state index contributed by atoms with van der Waals surface area (Å²) < 4.78 is 14.5. The number of allylic oxidation sites excluding steroid dienone is 2. The Morgan fingerprint density at radius 2 is 1.93 bits per heavy atom. The molecule has 0 saturated carbocycles. The Hall–Kier alpha value is -2.88. The highest BCUT2D eigenvalue weighted by molar-refractivity contribution is 5.81. The molecular weight excluding hydrogens is 349 g/mol. The maximum Gasteiger partial charge on any atom is 0.110 e. The van der Waals surface area contributed by atoms with Crippen LogP contribution in [0.15, 0.2) is 61.2 Å². The van der Waals surface area contributed by atoms with Crippen LogP contribution in [0.3, 0.4) is 0 Å². The first-order chi connectivity index (χ1) is 13.6. The number of rotatable bonds is 7. The SMILES string of the molecule is C=C(/C=C\n1c(C)nc2ccccc21)c1cccc(N(C)CCCF)c1.CC. The lowest BCUT2D eigenvalue weighted by molar-refractivity contribution is 0.474. The first-order valence-corrected chi connectivity index (χ1v) is 9.78. The van der Waals surface area contributed by atoms with Gasteiger partial charge in [0.05, 0.1) is 17.7 Å². The van der Waals surface area contributed by atoms with Crippen LogP contribution in [0.5, 0.6) is 0 Å². The number of benzene rings is 2. The van der Waals surface area contributed by atoms with Gasteiger partial charge in [-0.25, -0.2) is 4.98 Å². The molecule has 0 atom stereocenters. The molecule has 0 unspecified atom stereocenters. The Bertz CT molecular complexity index is 940. The van der Waals surface area contributed by atoms with Crippen LogP contribution >= 0.6 is 0 Å². The highest BCUT2D eigenvalue weighted by atomic mass is 19.1. The van der Waals surface area contributed by atoms with Crippen LogP contribution in [0.1, 0.15) is 31.7 Å². The Morgan fingerprint density at radius 3 is 2.68 bits per heavy atom. The van der Waals surface area contributed by atoms with Crippen molar-refractivity contribution in [3.05, 3.63) is 72.6 Å². The molecule has 0 fully saturated rings. The van der Waals surface area contributed by atoms with Crippen molar-refractivity contribution in [2.45, 2.75) is 27.2 Å². The Kier molecular flexibility index (Phi) is 8.00. The fraction of sp³-hybridized carbons (Fsp3) is 0.292. The van der Waals surface area contributed by atoms with Crippen molar-refractivity contribution in [3.8, 4) is 0 Å². The summed E-state index contributed by atoms with van der Waals surface area (Å²) in [7, 11) is 1.98.